The Morgan fingerprint density at radius 2 is 1.36 bits per heavy atom. The van der Waals surface area contributed by atoms with Crippen LogP contribution in [0.15, 0.2) is 120 Å². The Hall–Kier alpha value is -6.43. The summed E-state index contributed by atoms with van der Waals surface area (Å²) in [5.41, 5.74) is 3.02. The van der Waals surface area contributed by atoms with Crippen LogP contribution in [0.5, 0.6) is 0 Å². The van der Waals surface area contributed by atoms with Crippen molar-refractivity contribution in [3.8, 4) is 22.8 Å². The maximum absolute atomic E-state index is 14.5. The summed E-state index contributed by atoms with van der Waals surface area (Å²) < 4.78 is 6.06. The second-order valence-electron chi connectivity index (χ2n) is 13.5. The number of nitrogens with zero attached hydrogens (tertiary/aromatic N) is 3. The van der Waals surface area contributed by atoms with Crippen molar-refractivity contribution in [3.05, 3.63) is 127 Å². The zero-order valence-corrected chi connectivity index (χ0v) is 28.9. The molecule has 3 heterocycles. The number of anilines is 2. The number of hydrogen-bond acceptors (Lipinski definition) is 6. The zero-order chi connectivity index (χ0) is 37.0. The summed E-state index contributed by atoms with van der Waals surface area (Å²) in [6.07, 6.45) is 1.84. The van der Waals surface area contributed by atoms with Gasteiger partial charge in [-0.3, -0.25) is 19.4 Å². The van der Waals surface area contributed by atoms with E-state index in [0.29, 0.717) is 60.8 Å². The van der Waals surface area contributed by atoms with Crippen LogP contribution in [0.25, 0.3) is 22.8 Å². The largest absolute Gasteiger partial charge is 0.465 e. The third kappa shape index (κ3) is 7.34. The Kier molecular flexibility index (Phi) is 9.93. The van der Waals surface area contributed by atoms with E-state index in [0.717, 1.165) is 21.6 Å². The fourth-order valence-electron chi connectivity index (χ4n) is 7.60. The molecule has 3 atom stereocenters. The monoisotopic (exact) mass is 713 g/mol. The molecule has 12 nitrogen and oxygen atoms in total. The normalized spacial score (nSPS) is 19.5. The number of carbonyl (C=O) groups excluding carboxylic acids is 2. The Morgan fingerprint density at radius 1 is 0.736 bits per heavy atom. The number of aromatic nitrogens is 1. The molecule has 0 bridgehead atoms. The lowest BCUT2D eigenvalue weighted by Gasteiger charge is -2.40. The average molecular weight is 714 g/mol. The molecule has 2 aliphatic rings. The van der Waals surface area contributed by atoms with E-state index in [4.69, 9.17) is 4.42 Å². The third-order valence-corrected chi connectivity index (χ3v) is 10.3. The molecule has 4 amide bonds. The van der Waals surface area contributed by atoms with Gasteiger partial charge in [-0.1, -0.05) is 60.7 Å². The fourth-order valence-corrected chi connectivity index (χ4v) is 7.60. The molecule has 1 unspecified atom stereocenters. The van der Waals surface area contributed by atoms with Crippen LogP contribution in [0.4, 0.5) is 21.0 Å². The lowest BCUT2D eigenvalue weighted by Crippen LogP contribution is -2.60. The van der Waals surface area contributed by atoms with Crippen molar-refractivity contribution in [1.29, 1.82) is 0 Å². The lowest BCUT2D eigenvalue weighted by atomic mass is 9.75. The van der Waals surface area contributed by atoms with E-state index in [2.05, 4.69) is 15.6 Å². The molecule has 4 aromatic carbocycles. The predicted octanol–water partition coefficient (Wildman–Crippen LogP) is 7.25. The van der Waals surface area contributed by atoms with E-state index in [1.54, 1.807) is 54.7 Å². The minimum Gasteiger partial charge on any atom is -0.465 e. The van der Waals surface area contributed by atoms with Gasteiger partial charge in [0.25, 0.3) is 5.91 Å². The molecule has 270 valence electrons. The number of hydrogen-bond donors (Lipinski definition) is 4. The van der Waals surface area contributed by atoms with Crippen molar-refractivity contribution < 1.29 is 33.8 Å². The molecule has 0 aliphatic carbocycles. The molecule has 0 saturated carbocycles. The number of carbonyl (C=O) groups is 4. The van der Waals surface area contributed by atoms with E-state index in [-0.39, 0.29) is 30.7 Å². The van der Waals surface area contributed by atoms with E-state index in [9.17, 15) is 29.4 Å². The number of nitrogens with one attached hydrogen (secondary N) is 2. The number of benzene rings is 4. The topological polar surface area (TPSA) is 165 Å². The van der Waals surface area contributed by atoms with Gasteiger partial charge < -0.3 is 25.3 Å². The Bertz CT molecular complexity index is 2090. The van der Waals surface area contributed by atoms with Gasteiger partial charge in [0.05, 0.1) is 6.20 Å². The second-order valence-corrected chi connectivity index (χ2v) is 13.5. The van der Waals surface area contributed by atoms with E-state index >= 15 is 0 Å². The molecular weight excluding hydrogens is 674 g/mol. The van der Waals surface area contributed by atoms with Gasteiger partial charge in [-0.25, -0.2) is 14.6 Å². The Labute approximate surface area is 306 Å². The second kappa shape index (κ2) is 15.0. The number of amides is 4. The highest BCUT2D eigenvalue weighted by molar-refractivity contribution is 6.01. The molecule has 0 spiro atoms. The molecule has 7 rings (SSSR count). The number of likely N-dealkylation sites (tertiary alicyclic amines) is 2. The molecule has 2 fully saturated rings. The van der Waals surface area contributed by atoms with E-state index in [1.165, 1.54) is 4.90 Å². The highest BCUT2D eigenvalue weighted by atomic mass is 16.4. The summed E-state index contributed by atoms with van der Waals surface area (Å²) in [6.45, 7) is 0.593. The van der Waals surface area contributed by atoms with Crippen molar-refractivity contribution in [3.63, 3.8) is 0 Å². The first-order valence-corrected chi connectivity index (χ1v) is 17.6. The molecule has 1 aromatic heterocycles. The van der Waals surface area contributed by atoms with Crippen LogP contribution in [0.1, 0.15) is 30.4 Å². The first-order chi connectivity index (χ1) is 25.7. The van der Waals surface area contributed by atoms with Gasteiger partial charge in [-0.2, -0.15) is 0 Å². The highest BCUT2D eigenvalue weighted by Gasteiger charge is 2.56. The maximum Gasteiger partial charge on any atom is 0.408 e. The minimum absolute atomic E-state index is 0.234. The standard InChI is InChI=1S/C41H39N5O7/c47-36(34-12-7-22-45(34)39(49)50)43-32-17-13-29(14-18-32)35-26-42-37(53-35)30-15-19-33(20-16-30)44-38(48)41(25-28-10-5-2-6-11-28)31(21-23-46(41)40(51)52)24-27-8-3-1-4-9-27/h1-6,8-11,13-20,26,31,34H,7,12,21-25H2,(H,43,47)(H,44,48)(H,49,50)(H,51,52)/t31?,34-,41-/m0/s1. The van der Waals surface area contributed by atoms with Gasteiger partial charge in [0.1, 0.15) is 11.6 Å². The van der Waals surface area contributed by atoms with E-state index < -0.39 is 23.8 Å². The molecule has 0 radical (unpaired) electrons. The van der Waals surface area contributed by atoms with Crippen LogP contribution in [-0.2, 0) is 22.4 Å². The fraction of sp³-hybridized carbons (Fsp3) is 0.244. The quantitative estimate of drug-likeness (QED) is 0.118. The smallest absolute Gasteiger partial charge is 0.408 e. The van der Waals surface area contributed by atoms with Crippen molar-refractivity contribution >= 4 is 35.4 Å². The lowest BCUT2D eigenvalue weighted by molar-refractivity contribution is -0.127. The summed E-state index contributed by atoms with van der Waals surface area (Å²) in [4.78, 5) is 58.2. The van der Waals surface area contributed by atoms with Crippen LogP contribution in [0.2, 0.25) is 0 Å². The van der Waals surface area contributed by atoms with Crippen LogP contribution >= 0.6 is 0 Å². The molecule has 2 saturated heterocycles. The molecule has 12 heteroatoms. The van der Waals surface area contributed by atoms with E-state index in [1.807, 2.05) is 60.7 Å². The first kappa shape index (κ1) is 35.0. The van der Waals surface area contributed by atoms with Gasteiger partial charge in [-0.05, 0) is 91.3 Å². The van der Waals surface area contributed by atoms with Crippen molar-refractivity contribution in [2.45, 2.75) is 43.7 Å². The van der Waals surface area contributed by atoms with Gasteiger partial charge in [0, 0.05) is 42.0 Å². The number of rotatable bonds is 10. The molecule has 2 aliphatic heterocycles. The van der Waals surface area contributed by atoms with Gasteiger partial charge in [-0.15, -0.1) is 0 Å². The summed E-state index contributed by atoms with van der Waals surface area (Å²) in [6, 6.07) is 32.7. The van der Waals surface area contributed by atoms with Crippen LogP contribution < -0.4 is 10.6 Å². The van der Waals surface area contributed by atoms with Crippen LogP contribution in [-0.4, -0.2) is 73.7 Å². The Balaban J connectivity index is 1.06. The molecule has 4 N–H and O–H groups in total. The summed E-state index contributed by atoms with van der Waals surface area (Å²) in [5, 5.41) is 25.6. The zero-order valence-electron chi connectivity index (χ0n) is 28.9. The minimum atomic E-state index is -1.34. The summed E-state index contributed by atoms with van der Waals surface area (Å²) >= 11 is 0. The van der Waals surface area contributed by atoms with Gasteiger partial charge >= 0.3 is 12.2 Å². The predicted molar refractivity (Wildman–Crippen MR) is 198 cm³/mol. The van der Waals surface area contributed by atoms with Crippen molar-refractivity contribution in [2.75, 3.05) is 23.7 Å². The number of oxazole rings is 1. The van der Waals surface area contributed by atoms with Gasteiger partial charge in [0.2, 0.25) is 11.8 Å². The average Bonchev–Trinajstić information content (AvgIpc) is 3.94. The maximum atomic E-state index is 14.5. The van der Waals surface area contributed by atoms with Crippen LogP contribution in [0.3, 0.4) is 0 Å². The summed E-state index contributed by atoms with van der Waals surface area (Å²) in [7, 11) is 0. The van der Waals surface area contributed by atoms with Crippen LogP contribution in [0, 0.1) is 5.92 Å². The van der Waals surface area contributed by atoms with Gasteiger partial charge in [0.15, 0.2) is 5.76 Å². The summed E-state index contributed by atoms with van der Waals surface area (Å²) in [5.74, 6) is -0.131. The molecule has 5 aromatic rings. The number of carboxylic acid groups (broad SMARTS) is 2. The SMILES string of the molecule is O=C(Nc1ccc(-c2cnc(-c3ccc(NC(=O)[C@]4(Cc5ccccc5)C(Cc5ccccc5)CCN4C(=O)O)cc3)o2)cc1)[C@@H]1CCCN1C(=O)O. The first-order valence-electron chi connectivity index (χ1n) is 17.6. The highest BCUT2D eigenvalue weighted by Crippen LogP contribution is 2.41. The third-order valence-electron chi connectivity index (χ3n) is 10.3. The molecule has 53 heavy (non-hydrogen) atoms. The van der Waals surface area contributed by atoms with Crippen molar-refractivity contribution in [1.82, 2.24) is 14.8 Å². The Morgan fingerprint density at radius 3 is 2.00 bits per heavy atom. The molecular formula is C41H39N5O7. The van der Waals surface area contributed by atoms with Crippen molar-refractivity contribution in [2.24, 2.45) is 5.92 Å².